The van der Waals surface area contributed by atoms with E-state index >= 15 is 0 Å². The summed E-state index contributed by atoms with van der Waals surface area (Å²) in [7, 11) is 0. The summed E-state index contributed by atoms with van der Waals surface area (Å²) in [5, 5.41) is 10.5. The largest absolute Gasteiger partial charge is 0.465 e. The van der Waals surface area contributed by atoms with Crippen molar-refractivity contribution in [2.45, 2.75) is 32.6 Å². The van der Waals surface area contributed by atoms with E-state index in [-0.39, 0.29) is 0 Å². The summed E-state index contributed by atoms with van der Waals surface area (Å²) < 4.78 is 0. The van der Waals surface area contributed by atoms with Crippen LogP contribution in [0.4, 0.5) is 4.79 Å². The molecular formula is C9H17NO2. The maximum Gasteiger partial charge on any atom is 0.404 e. The predicted molar refractivity (Wildman–Crippen MR) is 49.3 cm³/mol. The monoisotopic (exact) mass is 171 g/mol. The Kier molecular flexibility index (Phi) is 7.44. The van der Waals surface area contributed by atoms with Crippen LogP contribution in [0.5, 0.6) is 0 Å². The van der Waals surface area contributed by atoms with E-state index in [1.54, 1.807) is 0 Å². The molecule has 0 aliphatic rings. The second kappa shape index (κ2) is 8.11. The van der Waals surface area contributed by atoms with Crippen LogP contribution in [0.2, 0.25) is 0 Å². The van der Waals surface area contributed by atoms with Gasteiger partial charge in [0.2, 0.25) is 0 Å². The minimum atomic E-state index is -0.965. The van der Waals surface area contributed by atoms with Crippen LogP contribution in [0.1, 0.15) is 32.6 Å². The van der Waals surface area contributed by atoms with E-state index in [1.807, 2.05) is 12.2 Å². The molecule has 0 unspecified atom stereocenters. The molecule has 0 radical (unpaired) electrons. The summed E-state index contributed by atoms with van der Waals surface area (Å²) in [6.07, 6.45) is 7.62. The summed E-state index contributed by atoms with van der Waals surface area (Å²) in [6, 6.07) is 0. The zero-order valence-electron chi connectivity index (χ0n) is 7.55. The van der Waals surface area contributed by atoms with Gasteiger partial charge >= 0.3 is 6.09 Å². The highest BCUT2D eigenvalue weighted by molar-refractivity contribution is 5.64. The molecule has 0 bridgehead atoms. The summed E-state index contributed by atoms with van der Waals surface area (Å²) in [5.74, 6) is 0. The van der Waals surface area contributed by atoms with E-state index in [9.17, 15) is 4.79 Å². The molecule has 3 heteroatoms. The average Bonchev–Trinajstić information content (AvgIpc) is 2.02. The average molecular weight is 171 g/mol. The van der Waals surface area contributed by atoms with Crippen LogP contribution in [0.3, 0.4) is 0 Å². The van der Waals surface area contributed by atoms with Crippen molar-refractivity contribution in [3.63, 3.8) is 0 Å². The number of carboxylic acid groups (broad SMARTS) is 1. The number of carbonyl (C=O) groups is 1. The minimum absolute atomic E-state index is 0.418. The Hall–Kier alpha value is -0.990. The van der Waals surface area contributed by atoms with Crippen LogP contribution in [0, 0.1) is 0 Å². The molecule has 70 valence electrons. The highest BCUT2D eigenvalue weighted by Gasteiger charge is 1.87. The first-order chi connectivity index (χ1) is 5.77. The van der Waals surface area contributed by atoms with Crippen LogP contribution in [-0.4, -0.2) is 17.7 Å². The molecule has 0 saturated carbocycles. The molecule has 0 heterocycles. The topological polar surface area (TPSA) is 49.3 Å². The predicted octanol–water partition coefficient (Wildman–Crippen LogP) is 2.39. The van der Waals surface area contributed by atoms with Gasteiger partial charge in [0.25, 0.3) is 0 Å². The van der Waals surface area contributed by atoms with E-state index in [1.165, 1.54) is 19.3 Å². The molecule has 2 N–H and O–H groups in total. The van der Waals surface area contributed by atoms with Crippen molar-refractivity contribution in [2.75, 3.05) is 6.54 Å². The smallest absolute Gasteiger partial charge is 0.404 e. The van der Waals surface area contributed by atoms with E-state index in [2.05, 4.69) is 12.2 Å². The molecule has 0 aliphatic heterocycles. The van der Waals surface area contributed by atoms with Gasteiger partial charge in [-0.3, -0.25) is 0 Å². The van der Waals surface area contributed by atoms with E-state index in [4.69, 9.17) is 5.11 Å². The molecule has 0 rings (SSSR count). The fraction of sp³-hybridized carbons (Fsp3) is 0.667. The normalized spacial score (nSPS) is 10.4. The first kappa shape index (κ1) is 11.0. The van der Waals surface area contributed by atoms with Gasteiger partial charge in [0, 0.05) is 6.54 Å². The van der Waals surface area contributed by atoms with Gasteiger partial charge in [-0.15, -0.1) is 0 Å². The second-order valence-electron chi connectivity index (χ2n) is 2.65. The molecule has 0 spiro atoms. The lowest BCUT2D eigenvalue weighted by Gasteiger charge is -1.93. The van der Waals surface area contributed by atoms with Gasteiger partial charge in [0.15, 0.2) is 0 Å². The molecule has 0 aromatic rings. The third-order valence-electron chi connectivity index (χ3n) is 1.51. The Bertz CT molecular complexity index is 143. The van der Waals surface area contributed by atoms with Gasteiger partial charge in [-0.2, -0.15) is 0 Å². The lowest BCUT2D eigenvalue weighted by Crippen LogP contribution is -2.20. The van der Waals surface area contributed by atoms with Crippen LogP contribution >= 0.6 is 0 Å². The SMILES string of the molecule is CCCCC/C=C/CNC(=O)O. The lowest BCUT2D eigenvalue weighted by atomic mass is 10.2. The molecular weight excluding hydrogens is 154 g/mol. The fourth-order valence-electron chi connectivity index (χ4n) is 0.860. The number of allylic oxidation sites excluding steroid dienone is 1. The highest BCUT2D eigenvalue weighted by atomic mass is 16.4. The molecule has 0 aromatic heterocycles. The molecule has 1 amide bonds. The molecule has 0 aromatic carbocycles. The molecule has 0 atom stereocenters. The molecule has 0 saturated heterocycles. The highest BCUT2D eigenvalue weighted by Crippen LogP contribution is 1.98. The first-order valence-electron chi connectivity index (χ1n) is 4.39. The number of hydrogen-bond acceptors (Lipinski definition) is 1. The molecule has 12 heavy (non-hydrogen) atoms. The van der Waals surface area contributed by atoms with Gasteiger partial charge in [-0.25, -0.2) is 4.79 Å². The Morgan fingerprint density at radius 1 is 1.42 bits per heavy atom. The van der Waals surface area contributed by atoms with Crippen molar-refractivity contribution >= 4 is 6.09 Å². The van der Waals surface area contributed by atoms with Crippen molar-refractivity contribution in [2.24, 2.45) is 0 Å². The minimum Gasteiger partial charge on any atom is -0.465 e. The maximum atomic E-state index is 9.99. The number of nitrogens with one attached hydrogen (secondary N) is 1. The van der Waals surface area contributed by atoms with Crippen molar-refractivity contribution in [3.05, 3.63) is 12.2 Å². The van der Waals surface area contributed by atoms with E-state index in [0.29, 0.717) is 6.54 Å². The van der Waals surface area contributed by atoms with Gasteiger partial charge in [-0.05, 0) is 12.8 Å². The fourth-order valence-corrected chi connectivity index (χ4v) is 0.860. The third kappa shape index (κ3) is 9.01. The molecule has 0 aliphatic carbocycles. The number of amides is 1. The Labute approximate surface area is 73.5 Å². The van der Waals surface area contributed by atoms with Gasteiger partial charge in [-0.1, -0.05) is 31.9 Å². The first-order valence-corrected chi connectivity index (χ1v) is 4.39. The third-order valence-corrected chi connectivity index (χ3v) is 1.51. The van der Waals surface area contributed by atoms with Gasteiger partial charge in [0.1, 0.15) is 0 Å². The Morgan fingerprint density at radius 2 is 2.17 bits per heavy atom. The zero-order valence-corrected chi connectivity index (χ0v) is 7.55. The zero-order chi connectivity index (χ0) is 9.23. The standard InChI is InChI=1S/C9H17NO2/c1-2-3-4-5-6-7-8-10-9(11)12/h6-7,10H,2-5,8H2,1H3,(H,11,12)/b7-6+. The summed E-state index contributed by atoms with van der Waals surface area (Å²) in [6.45, 7) is 2.58. The summed E-state index contributed by atoms with van der Waals surface area (Å²) in [4.78, 5) is 9.99. The number of rotatable bonds is 6. The van der Waals surface area contributed by atoms with Crippen molar-refractivity contribution in [1.82, 2.24) is 5.32 Å². The second-order valence-corrected chi connectivity index (χ2v) is 2.65. The summed E-state index contributed by atoms with van der Waals surface area (Å²) >= 11 is 0. The van der Waals surface area contributed by atoms with Crippen LogP contribution in [0.15, 0.2) is 12.2 Å². The van der Waals surface area contributed by atoms with Crippen LogP contribution < -0.4 is 5.32 Å². The molecule has 0 fully saturated rings. The van der Waals surface area contributed by atoms with Gasteiger partial charge < -0.3 is 10.4 Å². The van der Waals surface area contributed by atoms with Crippen molar-refractivity contribution in [1.29, 1.82) is 0 Å². The quantitative estimate of drug-likeness (QED) is 0.476. The van der Waals surface area contributed by atoms with Crippen molar-refractivity contribution < 1.29 is 9.90 Å². The van der Waals surface area contributed by atoms with Crippen molar-refractivity contribution in [3.8, 4) is 0 Å². The van der Waals surface area contributed by atoms with Crippen LogP contribution in [0.25, 0.3) is 0 Å². The summed E-state index contributed by atoms with van der Waals surface area (Å²) in [5.41, 5.74) is 0. The maximum absolute atomic E-state index is 9.99. The number of unbranched alkanes of at least 4 members (excludes halogenated alkanes) is 3. The van der Waals surface area contributed by atoms with Gasteiger partial charge in [0.05, 0.1) is 0 Å². The Balaban J connectivity index is 3.09. The lowest BCUT2D eigenvalue weighted by molar-refractivity contribution is 0.195. The van der Waals surface area contributed by atoms with E-state index in [0.717, 1.165) is 6.42 Å². The molecule has 3 nitrogen and oxygen atoms in total. The Morgan fingerprint density at radius 3 is 2.75 bits per heavy atom. The number of hydrogen-bond donors (Lipinski definition) is 2. The van der Waals surface area contributed by atoms with E-state index < -0.39 is 6.09 Å². The van der Waals surface area contributed by atoms with Crippen LogP contribution in [-0.2, 0) is 0 Å².